The second-order valence-corrected chi connectivity index (χ2v) is 8.49. The maximum atomic E-state index is 12.5. The number of hydrogen-bond donors (Lipinski definition) is 1. The molecule has 0 saturated carbocycles. The lowest BCUT2D eigenvalue weighted by Gasteiger charge is -2.33. The van der Waals surface area contributed by atoms with Crippen molar-refractivity contribution in [3.05, 3.63) is 94.5 Å². The Morgan fingerprint density at radius 1 is 1.03 bits per heavy atom. The smallest absolute Gasteiger partial charge is 0.251 e. The molecule has 3 nitrogen and oxygen atoms in total. The van der Waals surface area contributed by atoms with Crippen LogP contribution in [0.1, 0.15) is 34.3 Å². The van der Waals surface area contributed by atoms with Gasteiger partial charge in [-0.25, -0.2) is 0 Å². The molecule has 0 bridgehead atoms. The van der Waals surface area contributed by atoms with Crippen LogP contribution >= 0.6 is 11.6 Å². The summed E-state index contributed by atoms with van der Waals surface area (Å²) >= 11 is 6.32. The van der Waals surface area contributed by atoms with Crippen molar-refractivity contribution in [3.8, 4) is 11.1 Å². The minimum Gasteiger partial charge on any atom is -0.348 e. The van der Waals surface area contributed by atoms with E-state index in [4.69, 9.17) is 11.6 Å². The van der Waals surface area contributed by atoms with Gasteiger partial charge in [-0.15, -0.1) is 0 Å². The van der Waals surface area contributed by atoms with Gasteiger partial charge in [-0.1, -0.05) is 60.1 Å². The lowest BCUT2D eigenvalue weighted by molar-refractivity contribution is 0.0901. The first-order chi connectivity index (χ1) is 14.6. The zero-order valence-corrected chi connectivity index (χ0v) is 18.0. The number of amides is 1. The fraction of sp³-hybridized carbons (Fsp3) is 0.269. The van der Waals surface area contributed by atoms with Crippen molar-refractivity contribution < 1.29 is 4.79 Å². The SMILES string of the molecule is Cc1ccc(-c2cccc(CN3CCCC(NC(=O)c4ccccc4)C3)c2)cc1Cl. The Kier molecular flexibility index (Phi) is 6.51. The van der Waals surface area contributed by atoms with Crippen molar-refractivity contribution in [3.63, 3.8) is 0 Å². The first kappa shape index (κ1) is 20.6. The summed E-state index contributed by atoms with van der Waals surface area (Å²) in [6, 6.07) is 24.5. The van der Waals surface area contributed by atoms with E-state index in [9.17, 15) is 4.79 Å². The minimum atomic E-state index is 0.0145. The van der Waals surface area contributed by atoms with Gasteiger partial charge in [0.15, 0.2) is 0 Å². The summed E-state index contributed by atoms with van der Waals surface area (Å²) in [5, 5.41) is 4.00. The molecule has 3 aromatic carbocycles. The van der Waals surface area contributed by atoms with Crippen LogP contribution in [0, 0.1) is 6.92 Å². The molecule has 3 aromatic rings. The zero-order chi connectivity index (χ0) is 20.9. The molecular weight excluding hydrogens is 392 g/mol. The summed E-state index contributed by atoms with van der Waals surface area (Å²) in [7, 11) is 0. The fourth-order valence-electron chi connectivity index (χ4n) is 4.06. The van der Waals surface area contributed by atoms with E-state index in [0.717, 1.165) is 54.2 Å². The van der Waals surface area contributed by atoms with Gasteiger partial charge in [0.2, 0.25) is 0 Å². The maximum Gasteiger partial charge on any atom is 0.251 e. The highest BCUT2D eigenvalue weighted by Gasteiger charge is 2.22. The van der Waals surface area contributed by atoms with Gasteiger partial charge in [0.1, 0.15) is 0 Å². The van der Waals surface area contributed by atoms with Crippen LogP contribution in [-0.4, -0.2) is 29.9 Å². The zero-order valence-electron chi connectivity index (χ0n) is 17.3. The van der Waals surface area contributed by atoms with E-state index < -0.39 is 0 Å². The number of halogens is 1. The number of benzene rings is 3. The third-order valence-corrected chi connectivity index (χ3v) is 6.12. The van der Waals surface area contributed by atoms with E-state index in [1.54, 1.807) is 0 Å². The molecule has 0 spiro atoms. The van der Waals surface area contributed by atoms with Crippen LogP contribution in [0.25, 0.3) is 11.1 Å². The van der Waals surface area contributed by atoms with Crippen LogP contribution in [-0.2, 0) is 6.54 Å². The van der Waals surface area contributed by atoms with Gasteiger partial charge in [0.05, 0.1) is 0 Å². The van der Waals surface area contributed by atoms with E-state index in [-0.39, 0.29) is 11.9 Å². The number of hydrogen-bond acceptors (Lipinski definition) is 2. The Balaban J connectivity index is 1.40. The Labute approximate surface area is 183 Å². The van der Waals surface area contributed by atoms with Crippen molar-refractivity contribution in [1.82, 2.24) is 10.2 Å². The van der Waals surface area contributed by atoms with Gasteiger partial charge in [-0.05, 0) is 72.8 Å². The summed E-state index contributed by atoms with van der Waals surface area (Å²) in [5.41, 5.74) is 5.41. The molecule has 154 valence electrons. The molecule has 1 saturated heterocycles. The van der Waals surface area contributed by atoms with Gasteiger partial charge in [-0.3, -0.25) is 9.69 Å². The third-order valence-electron chi connectivity index (χ3n) is 5.72. The van der Waals surface area contributed by atoms with E-state index in [2.05, 4.69) is 46.6 Å². The number of rotatable bonds is 5. The standard InChI is InChI=1S/C26H27ClN2O/c1-19-12-13-23(16-25(19)27)22-10-5-7-20(15-22)17-29-14-6-11-24(18-29)28-26(30)21-8-3-2-4-9-21/h2-5,7-10,12-13,15-16,24H,6,11,14,17-18H2,1H3,(H,28,30). The van der Waals surface area contributed by atoms with Crippen LogP contribution in [0.3, 0.4) is 0 Å². The normalized spacial score (nSPS) is 16.9. The molecule has 1 atom stereocenters. The summed E-state index contributed by atoms with van der Waals surface area (Å²) in [6.07, 6.45) is 2.12. The average molecular weight is 419 g/mol. The molecule has 1 amide bonds. The first-order valence-corrected chi connectivity index (χ1v) is 10.9. The van der Waals surface area contributed by atoms with Crippen molar-refractivity contribution in [2.24, 2.45) is 0 Å². The predicted molar refractivity (Wildman–Crippen MR) is 124 cm³/mol. The Morgan fingerprint density at radius 2 is 1.83 bits per heavy atom. The summed E-state index contributed by atoms with van der Waals surface area (Å²) in [6.45, 7) is 4.83. The molecule has 1 fully saturated rings. The number of nitrogens with zero attached hydrogens (tertiary/aromatic N) is 1. The van der Waals surface area contributed by atoms with E-state index in [1.807, 2.05) is 43.3 Å². The first-order valence-electron chi connectivity index (χ1n) is 10.5. The highest BCUT2D eigenvalue weighted by atomic mass is 35.5. The lowest BCUT2D eigenvalue weighted by Crippen LogP contribution is -2.47. The second-order valence-electron chi connectivity index (χ2n) is 8.08. The van der Waals surface area contributed by atoms with Crippen LogP contribution in [0.4, 0.5) is 0 Å². The number of likely N-dealkylation sites (tertiary alicyclic amines) is 1. The Hall–Kier alpha value is -2.62. The molecule has 1 unspecified atom stereocenters. The molecular formula is C26H27ClN2O. The highest BCUT2D eigenvalue weighted by Crippen LogP contribution is 2.26. The number of piperidine rings is 1. The predicted octanol–water partition coefficient (Wildman–Crippen LogP) is 5.71. The largest absolute Gasteiger partial charge is 0.348 e. The van der Waals surface area contributed by atoms with Crippen LogP contribution < -0.4 is 5.32 Å². The van der Waals surface area contributed by atoms with E-state index >= 15 is 0 Å². The topological polar surface area (TPSA) is 32.3 Å². The van der Waals surface area contributed by atoms with Crippen molar-refractivity contribution in [1.29, 1.82) is 0 Å². The molecule has 0 aromatic heterocycles. The Morgan fingerprint density at radius 3 is 2.63 bits per heavy atom. The van der Waals surface area contributed by atoms with Crippen LogP contribution in [0.15, 0.2) is 72.8 Å². The van der Waals surface area contributed by atoms with Gasteiger partial charge < -0.3 is 5.32 Å². The second kappa shape index (κ2) is 9.46. The van der Waals surface area contributed by atoms with E-state index in [1.165, 1.54) is 11.1 Å². The number of carbonyl (C=O) groups is 1. The minimum absolute atomic E-state index is 0.0145. The molecule has 1 aliphatic rings. The van der Waals surface area contributed by atoms with Crippen LogP contribution in [0.5, 0.6) is 0 Å². The van der Waals surface area contributed by atoms with Gasteiger partial charge in [0.25, 0.3) is 5.91 Å². The molecule has 1 N–H and O–H groups in total. The summed E-state index contributed by atoms with van der Waals surface area (Å²) in [5.74, 6) is 0.0145. The average Bonchev–Trinajstić information content (AvgIpc) is 2.77. The highest BCUT2D eigenvalue weighted by molar-refractivity contribution is 6.31. The number of carbonyl (C=O) groups excluding carboxylic acids is 1. The molecule has 30 heavy (non-hydrogen) atoms. The quantitative estimate of drug-likeness (QED) is 0.575. The number of aryl methyl sites for hydroxylation is 1. The maximum absolute atomic E-state index is 12.5. The third kappa shape index (κ3) is 5.10. The number of nitrogens with one attached hydrogen (secondary N) is 1. The molecule has 1 heterocycles. The monoisotopic (exact) mass is 418 g/mol. The molecule has 4 rings (SSSR count). The van der Waals surface area contributed by atoms with Crippen LogP contribution in [0.2, 0.25) is 5.02 Å². The summed E-state index contributed by atoms with van der Waals surface area (Å²) < 4.78 is 0. The lowest BCUT2D eigenvalue weighted by atomic mass is 10.0. The van der Waals surface area contributed by atoms with E-state index in [0.29, 0.717) is 0 Å². The summed E-state index contributed by atoms with van der Waals surface area (Å²) in [4.78, 5) is 14.9. The van der Waals surface area contributed by atoms with Gasteiger partial charge in [-0.2, -0.15) is 0 Å². The van der Waals surface area contributed by atoms with Gasteiger partial charge >= 0.3 is 0 Å². The van der Waals surface area contributed by atoms with Crippen molar-refractivity contribution >= 4 is 17.5 Å². The molecule has 1 aliphatic heterocycles. The van der Waals surface area contributed by atoms with Crippen molar-refractivity contribution in [2.75, 3.05) is 13.1 Å². The van der Waals surface area contributed by atoms with Crippen molar-refractivity contribution in [2.45, 2.75) is 32.4 Å². The van der Waals surface area contributed by atoms with Gasteiger partial charge in [0, 0.05) is 29.7 Å². The Bertz CT molecular complexity index is 1020. The molecule has 0 radical (unpaired) electrons. The fourth-order valence-corrected chi connectivity index (χ4v) is 4.24. The molecule has 4 heteroatoms. The molecule has 0 aliphatic carbocycles.